The highest BCUT2D eigenvalue weighted by Crippen LogP contribution is 2.16. The largest absolute Gasteiger partial charge is 0.323 e. The molecule has 134 valence electrons. The summed E-state index contributed by atoms with van der Waals surface area (Å²) < 4.78 is 0. The zero-order valence-corrected chi connectivity index (χ0v) is 15.2. The normalized spacial score (nSPS) is 15.2. The summed E-state index contributed by atoms with van der Waals surface area (Å²) in [5, 5.41) is 12.4. The molecule has 0 unspecified atom stereocenters. The van der Waals surface area contributed by atoms with Crippen LogP contribution in [0.2, 0.25) is 5.02 Å². The number of hydrogen-bond donors (Lipinski definition) is 1. The summed E-state index contributed by atoms with van der Waals surface area (Å²) in [6.45, 7) is 4.01. The van der Waals surface area contributed by atoms with E-state index < -0.39 is 0 Å². The van der Waals surface area contributed by atoms with Crippen molar-refractivity contribution in [2.45, 2.75) is 13.0 Å². The average Bonchev–Trinajstić information content (AvgIpc) is 2.88. The lowest BCUT2D eigenvalue weighted by Gasteiger charge is -2.22. The fraction of sp³-hybridized carbons (Fsp3) is 0.300. The van der Waals surface area contributed by atoms with Crippen molar-refractivity contribution in [3.05, 3.63) is 64.7 Å². The van der Waals surface area contributed by atoms with E-state index >= 15 is 0 Å². The number of benzene rings is 2. The summed E-state index contributed by atoms with van der Waals surface area (Å²) in [4.78, 5) is 16.7. The summed E-state index contributed by atoms with van der Waals surface area (Å²) >= 11 is 5.97. The Morgan fingerprint density at radius 1 is 1.12 bits per heavy atom. The Kier molecular flexibility index (Phi) is 6.11. The van der Waals surface area contributed by atoms with Crippen molar-refractivity contribution in [2.75, 3.05) is 31.5 Å². The lowest BCUT2D eigenvalue weighted by Crippen LogP contribution is -2.38. The van der Waals surface area contributed by atoms with Crippen LogP contribution in [0.25, 0.3) is 0 Å². The van der Waals surface area contributed by atoms with Crippen molar-refractivity contribution in [3.8, 4) is 6.07 Å². The second kappa shape index (κ2) is 8.70. The standard InChI is InChI=1S/C20H21ClN4O/c21-18-3-1-4-19(13-18)23-20(26)25-10-2-9-24(11-12-25)15-17-7-5-16(14-22)6-8-17/h1,3-8,13H,2,9-12,15H2,(H,23,26). The number of nitrogens with zero attached hydrogens (tertiary/aromatic N) is 3. The lowest BCUT2D eigenvalue weighted by molar-refractivity contribution is 0.211. The number of rotatable bonds is 3. The molecule has 0 spiro atoms. The number of carbonyl (C=O) groups excluding carboxylic acids is 1. The van der Waals surface area contributed by atoms with E-state index in [0.29, 0.717) is 22.8 Å². The van der Waals surface area contributed by atoms with Gasteiger partial charge < -0.3 is 10.2 Å². The minimum Gasteiger partial charge on any atom is -0.323 e. The molecule has 1 aliphatic heterocycles. The van der Waals surface area contributed by atoms with E-state index in [1.165, 1.54) is 5.56 Å². The van der Waals surface area contributed by atoms with E-state index in [0.717, 1.165) is 32.6 Å². The third-order valence-electron chi connectivity index (χ3n) is 4.44. The van der Waals surface area contributed by atoms with Gasteiger partial charge in [0.15, 0.2) is 0 Å². The second-order valence-corrected chi connectivity index (χ2v) is 6.80. The van der Waals surface area contributed by atoms with Gasteiger partial charge in [0.1, 0.15) is 0 Å². The fourth-order valence-electron chi connectivity index (χ4n) is 3.04. The molecule has 1 N–H and O–H groups in total. The molecule has 1 fully saturated rings. The summed E-state index contributed by atoms with van der Waals surface area (Å²) in [6, 6.07) is 16.9. The third kappa shape index (κ3) is 4.98. The molecule has 0 bridgehead atoms. The van der Waals surface area contributed by atoms with Crippen LogP contribution < -0.4 is 5.32 Å². The number of urea groups is 1. The Morgan fingerprint density at radius 3 is 2.65 bits per heavy atom. The van der Waals surface area contributed by atoms with Crippen molar-refractivity contribution in [3.63, 3.8) is 0 Å². The second-order valence-electron chi connectivity index (χ2n) is 6.37. The molecular weight excluding hydrogens is 348 g/mol. The maximum absolute atomic E-state index is 12.5. The summed E-state index contributed by atoms with van der Waals surface area (Å²) in [5.41, 5.74) is 2.57. The van der Waals surface area contributed by atoms with Gasteiger partial charge in [0, 0.05) is 43.4 Å². The maximum atomic E-state index is 12.5. The molecule has 0 aliphatic carbocycles. The fourth-order valence-corrected chi connectivity index (χ4v) is 3.23. The first kappa shape index (κ1) is 18.2. The Labute approximate surface area is 158 Å². The van der Waals surface area contributed by atoms with Crippen LogP contribution in [0.5, 0.6) is 0 Å². The molecular formula is C20H21ClN4O. The predicted molar refractivity (Wildman–Crippen MR) is 103 cm³/mol. The number of amides is 2. The predicted octanol–water partition coefficient (Wildman–Crippen LogP) is 3.95. The van der Waals surface area contributed by atoms with Crippen LogP contribution in [0.15, 0.2) is 48.5 Å². The van der Waals surface area contributed by atoms with Gasteiger partial charge in [-0.25, -0.2) is 4.79 Å². The number of anilines is 1. The number of halogens is 1. The van der Waals surface area contributed by atoms with Gasteiger partial charge in [0.05, 0.1) is 11.6 Å². The van der Waals surface area contributed by atoms with E-state index in [1.807, 2.05) is 41.3 Å². The Balaban J connectivity index is 1.54. The van der Waals surface area contributed by atoms with Gasteiger partial charge in [-0.3, -0.25) is 4.90 Å². The summed E-state index contributed by atoms with van der Waals surface area (Å²) in [5.74, 6) is 0. The van der Waals surface area contributed by atoms with Crippen LogP contribution >= 0.6 is 11.6 Å². The summed E-state index contributed by atoms with van der Waals surface area (Å²) in [6.07, 6.45) is 0.930. The van der Waals surface area contributed by atoms with Gasteiger partial charge in [0.2, 0.25) is 0 Å². The SMILES string of the molecule is N#Cc1ccc(CN2CCCN(C(=O)Nc3cccc(Cl)c3)CC2)cc1. The molecule has 2 amide bonds. The minimum absolute atomic E-state index is 0.0903. The van der Waals surface area contributed by atoms with Gasteiger partial charge in [0.25, 0.3) is 0 Å². The molecule has 5 nitrogen and oxygen atoms in total. The molecule has 0 radical (unpaired) electrons. The van der Waals surface area contributed by atoms with E-state index in [9.17, 15) is 4.79 Å². The first-order chi connectivity index (χ1) is 12.6. The highest BCUT2D eigenvalue weighted by atomic mass is 35.5. The average molecular weight is 369 g/mol. The van der Waals surface area contributed by atoms with E-state index in [1.54, 1.807) is 12.1 Å². The van der Waals surface area contributed by atoms with Crippen LogP contribution in [0.4, 0.5) is 10.5 Å². The van der Waals surface area contributed by atoms with Crippen LogP contribution in [-0.2, 0) is 6.54 Å². The molecule has 2 aromatic carbocycles. The molecule has 0 saturated carbocycles. The zero-order chi connectivity index (χ0) is 18.4. The van der Waals surface area contributed by atoms with Crippen molar-refractivity contribution in [1.29, 1.82) is 5.26 Å². The topological polar surface area (TPSA) is 59.4 Å². The van der Waals surface area contributed by atoms with Gasteiger partial charge in [-0.15, -0.1) is 0 Å². The first-order valence-electron chi connectivity index (χ1n) is 8.67. The highest BCUT2D eigenvalue weighted by molar-refractivity contribution is 6.30. The number of nitriles is 1. The molecule has 1 aliphatic rings. The van der Waals surface area contributed by atoms with Crippen molar-refractivity contribution < 1.29 is 4.79 Å². The lowest BCUT2D eigenvalue weighted by atomic mass is 10.1. The van der Waals surface area contributed by atoms with Gasteiger partial charge in [-0.2, -0.15) is 5.26 Å². The monoisotopic (exact) mass is 368 g/mol. The smallest absolute Gasteiger partial charge is 0.321 e. The van der Waals surface area contributed by atoms with Crippen LogP contribution in [0, 0.1) is 11.3 Å². The molecule has 3 rings (SSSR count). The van der Waals surface area contributed by atoms with E-state index in [4.69, 9.17) is 16.9 Å². The molecule has 1 saturated heterocycles. The molecule has 26 heavy (non-hydrogen) atoms. The Morgan fingerprint density at radius 2 is 1.92 bits per heavy atom. The maximum Gasteiger partial charge on any atom is 0.321 e. The highest BCUT2D eigenvalue weighted by Gasteiger charge is 2.19. The van der Waals surface area contributed by atoms with E-state index in [2.05, 4.69) is 16.3 Å². The molecule has 1 heterocycles. The van der Waals surface area contributed by atoms with Crippen molar-refractivity contribution >= 4 is 23.3 Å². The molecule has 0 atom stereocenters. The zero-order valence-electron chi connectivity index (χ0n) is 14.5. The number of nitrogens with one attached hydrogen (secondary N) is 1. The van der Waals surface area contributed by atoms with Crippen LogP contribution in [-0.4, -0.2) is 42.0 Å². The first-order valence-corrected chi connectivity index (χ1v) is 9.05. The van der Waals surface area contributed by atoms with Crippen molar-refractivity contribution in [1.82, 2.24) is 9.80 Å². The van der Waals surface area contributed by atoms with Gasteiger partial charge in [-0.1, -0.05) is 29.8 Å². The Hall–Kier alpha value is -2.55. The molecule has 2 aromatic rings. The molecule has 6 heteroatoms. The third-order valence-corrected chi connectivity index (χ3v) is 4.68. The van der Waals surface area contributed by atoms with Crippen molar-refractivity contribution in [2.24, 2.45) is 0 Å². The van der Waals surface area contributed by atoms with E-state index in [-0.39, 0.29) is 6.03 Å². The minimum atomic E-state index is -0.0903. The summed E-state index contributed by atoms with van der Waals surface area (Å²) in [7, 11) is 0. The van der Waals surface area contributed by atoms with Crippen LogP contribution in [0.1, 0.15) is 17.5 Å². The van der Waals surface area contributed by atoms with Gasteiger partial charge in [-0.05, 0) is 42.3 Å². The van der Waals surface area contributed by atoms with Gasteiger partial charge >= 0.3 is 6.03 Å². The van der Waals surface area contributed by atoms with Crippen LogP contribution in [0.3, 0.4) is 0 Å². The number of carbonyl (C=O) groups is 1. The number of hydrogen-bond acceptors (Lipinski definition) is 3. The quantitative estimate of drug-likeness (QED) is 0.892. The Bertz CT molecular complexity index is 800. The molecule has 0 aromatic heterocycles.